The molecule has 1 unspecified atom stereocenters. The largest absolute Gasteiger partial charge is 0.399 e. The molecule has 3 nitrogen and oxygen atoms in total. The molecule has 1 aromatic heterocycles. The second-order valence-electron chi connectivity index (χ2n) is 5.56. The van der Waals surface area contributed by atoms with Crippen LogP contribution in [0, 0.1) is 0 Å². The van der Waals surface area contributed by atoms with Crippen LogP contribution in [0.5, 0.6) is 0 Å². The van der Waals surface area contributed by atoms with E-state index in [1.807, 2.05) is 10.7 Å². The van der Waals surface area contributed by atoms with Crippen molar-refractivity contribution in [2.75, 3.05) is 5.73 Å². The maximum absolute atomic E-state index is 5.85. The Balaban J connectivity index is 1.89. The molecule has 20 heavy (non-hydrogen) atoms. The molecule has 0 bridgehead atoms. The van der Waals surface area contributed by atoms with Crippen molar-refractivity contribution in [3.63, 3.8) is 0 Å². The Labute approximate surface area is 120 Å². The molecule has 3 heteroatoms. The van der Waals surface area contributed by atoms with Crippen LogP contribution in [0.15, 0.2) is 30.5 Å². The third kappa shape index (κ3) is 2.36. The molecule has 2 aromatic rings. The van der Waals surface area contributed by atoms with Gasteiger partial charge in [-0.15, -0.1) is 0 Å². The third-order valence-electron chi connectivity index (χ3n) is 4.13. The van der Waals surface area contributed by atoms with Crippen LogP contribution in [-0.4, -0.2) is 9.78 Å². The first-order valence-corrected chi connectivity index (χ1v) is 7.32. The lowest BCUT2D eigenvalue weighted by molar-refractivity contribution is 0.477. The predicted octanol–water partition coefficient (Wildman–Crippen LogP) is 3.92. The van der Waals surface area contributed by atoms with E-state index in [0.717, 1.165) is 30.6 Å². The number of aromatic nitrogens is 2. The van der Waals surface area contributed by atoms with Gasteiger partial charge in [-0.05, 0) is 67.2 Å². The van der Waals surface area contributed by atoms with Crippen LogP contribution in [0.2, 0.25) is 0 Å². The molecule has 1 aliphatic rings. The van der Waals surface area contributed by atoms with Gasteiger partial charge in [0, 0.05) is 17.9 Å². The zero-order valence-corrected chi connectivity index (χ0v) is 12.1. The molecule has 0 amide bonds. The standard InChI is InChI=1S/C17H21N3/c1-3-12(2)20-9-8-16(19-20)11-14-5-4-13-10-15(18)6-7-17(13)14/h6-12H,3-5,18H2,1-2H3. The van der Waals surface area contributed by atoms with Crippen molar-refractivity contribution in [2.45, 2.75) is 39.2 Å². The Kier molecular flexibility index (Phi) is 3.35. The first kappa shape index (κ1) is 13.0. The summed E-state index contributed by atoms with van der Waals surface area (Å²) < 4.78 is 2.05. The minimum absolute atomic E-state index is 0.456. The highest BCUT2D eigenvalue weighted by atomic mass is 15.3. The molecular weight excluding hydrogens is 246 g/mol. The summed E-state index contributed by atoms with van der Waals surface area (Å²) in [5.41, 5.74) is 11.8. The summed E-state index contributed by atoms with van der Waals surface area (Å²) in [6.45, 7) is 4.37. The van der Waals surface area contributed by atoms with Gasteiger partial charge in [0.2, 0.25) is 0 Å². The summed E-state index contributed by atoms with van der Waals surface area (Å²) in [4.78, 5) is 0. The number of nitrogens with two attached hydrogens (primary N) is 1. The Morgan fingerprint density at radius 3 is 3.00 bits per heavy atom. The summed E-state index contributed by atoms with van der Waals surface area (Å²) in [5.74, 6) is 0. The van der Waals surface area contributed by atoms with Crippen molar-refractivity contribution in [3.8, 4) is 0 Å². The van der Waals surface area contributed by atoms with Gasteiger partial charge in [0.25, 0.3) is 0 Å². The van der Waals surface area contributed by atoms with Crippen LogP contribution >= 0.6 is 0 Å². The molecule has 0 saturated heterocycles. The Morgan fingerprint density at radius 2 is 2.20 bits per heavy atom. The fourth-order valence-electron chi connectivity index (χ4n) is 2.73. The Hall–Kier alpha value is -2.03. The number of hydrogen-bond donors (Lipinski definition) is 1. The van der Waals surface area contributed by atoms with E-state index >= 15 is 0 Å². The van der Waals surface area contributed by atoms with Crippen LogP contribution in [0.1, 0.15) is 49.6 Å². The van der Waals surface area contributed by atoms with Gasteiger partial charge in [-0.1, -0.05) is 13.0 Å². The molecule has 0 radical (unpaired) electrons. The SMILES string of the molecule is CCC(C)n1ccc(C=C2CCc3cc(N)ccc32)n1. The lowest BCUT2D eigenvalue weighted by Gasteiger charge is -2.07. The minimum Gasteiger partial charge on any atom is -0.399 e. The molecule has 1 atom stereocenters. The molecule has 104 valence electrons. The third-order valence-corrected chi connectivity index (χ3v) is 4.13. The smallest absolute Gasteiger partial charge is 0.0853 e. The number of nitrogen functional groups attached to an aromatic ring is 1. The van der Waals surface area contributed by atoms with E-state index in [-0.39, 0.29) is 0 Å². The van der Waals surface area contributed by atoms with Crippen molar-refractivity contribution in [1.82, 2.24) is 9.78 Å². The fourth-order valence-corrected chi connectivity index (χ4v) is 2.73. The zero-order chi connectivity index (χ0) is 14.1. The van der Waals surface area contributed by atoms with E-state index in [1.165, 1.54) is 16.7 Å². The van der Waals surface area contributed by atoms with Crippen molar-refractivity contribution < 1.29 is 0 Å². The van der Waals surface area contributed by atoms with E-state index in [2.05, 4.69) is 49.4 Å². The molecule has 3 rings (SSSR count). The van der Waals surface area contributed by atoms with Crippen molar-refractivity contribution in [2.24, 2.45) is 0 Å². The lowest BCUT2D eigenvalue weighted by Crippen LogP contribution is -2.04. The molecule has 1 aromatic carbocycles. The number of anilines is 1. The van der Waals surface area contributed by atoms with E-state index in [1.54, 1.807) is 0 Å². The number of allylic oxidation sites excluding steroid dienone is 1. The van der Waals surface area contributed by atoms with Crippen molar-refractivity contribution >= 4 is 17.3 Å². The first-order valence-electron chi connectivity index (χ1n) is 7.32. The summed E-state index contributed by atoms with van der Waals surface area (Å²) in [5, 5.41) is 4.65. The van der Waals surface area contributed by atoms with Gasteiger partial charge >= 0.3 is 0 Å². The molecule has 0 spiro atoms. The highest BCUT2D eigenvalue weighted by Gasteiger charge is 2.16. The van der Waals surface area contributed by atoms with Gasteiger partial charge in [-0.2, -0.15) is 5.10 Å². The van der Waals surface area contributed by atoms with Crippen LogP contribution in [0.25, 0.3) is 11.6 Å². The summed E-state index contributed by atoms with van der Waals surface area (Å²) >= 11 is 0. The summed E-state index contributed by atoms with van der Waals surface area (Å²) in [7, 11) is 0. The Morgan fingerprint density at radius 1 is 1.35 bits per heavy atom. The quantitative estimate of drug-likeness (QED) is 0.856. The normalized spacial score (nSPS) is 17.4. The second kappa shape index (κ2) is 5.16. The first-order chi connectivity index (χ1) is 9.67. The summed E-state index contributed by atoms with van der Waals surface area (Å²) in [6.07, 6.45) is 7.54. The topological polar surface area (TPSA) is 43.8 Å². The maximum Gasteiger partial charge on any atom is 0.0853 e. The highest BCUT2D eigenvalue weighted by molar-refractivity contribution is 5.85. The molecule has 1 aliphatic carbocycles. The number of aryl methyl sites for hydroxylation is 1. The van der Waals surface area contributed by atoms with Gasteiger partial charge in [0.1, 0.15) is 0 Å². The van der Waals surface area contributed by atoms with E-state index < -0.39 is 0 Å². The van der Waals surface area contributed by atoms with Crippen molar-refractivity contribution in [1.29, 1.82) is 0 Å². The van der Waals surface area contributed by atoms with Gasteiger partial charge in [0.05, 0.1) is 5.69 Å². The molecule has 2 N–H and O–H groups in total. The highest BCUT2D eigenvalue weighted by Crippen LogP contribution is 2.34. The van der Waals surface area contributed by atoms with E-state index in [0.29, 0.717) is 6.04 Å². The number of benzene rings is 1. The summed E-state index contributed by atoms with van der Waals surface area (Å²) in [6, 6.07) is 8.76. The second-order valence-corrected chi connectivity index (χ2v) is 5.56. The molecular formula is C17H21N3. The lowest BCUT2D eigenvalue weighted by atomic mass is 10.1. The monoisotopic (exact) mass is 267 g/mol. The van der Waals surface area contributed by atoms with E-state index in [4.69, 9.17) is 5.73 Å². The van der Waals surface area contributed by atoms with Gasteiger partial charge in [0.15, 0.2) is 0 Å². The number of rotatable bonds is 3. The zero-order valence-electron chi connectivity index (χ0n) is 12.1. The van der Waals surface area contributed by atoms with Crippen molar-refractivity contribution in [3.05, 3.63) is 47.3 Å². The van der Waals surface area contributed by atoms with Gasteiger partial charge in [-0.3, -0.25) is 4.68 Å². The maximum atomic E-state index is 5.85. The molecule has 1 heterocycles. The van der Waals surface area contributed by atoms with Crippen LogP contribution < -0.4 is 5.73 Å². The number of fused-ring (bicyclic) bond motifs is 1. The molecule has 0 aliphatic heterocycles. The average Bonchev–Trinajstić information content (AvgIpc) is 3.06. The number of hydrogen-bond acceptors (Lipinski definition) is 2. The van der Waals surface area contributed by atoms with E-state index in [9.17, 15) is 0 Å². The van der Waals surface area contributed by atoms with Gasteiger partial charge in [-0.25, -0.2) is 0 Å². The Bertz CT molecular complexity index is 652. The van der Waals surface area contributed by atoms with Crippen LogP contribution in [0.3, 0.4) is 0 Å². The molecule has 0 saturated carbocycles. The molecule has 0 fully saturated rings. The minimum atomic E-state index is 0.456. The van der Waals surface area contributed by atoms with Crippen LogP contribution in [-0.2, 0) is 6.42 Å². The average molecular weight is 267 g/mol. The predicted molar refractivity (Wildman–Crippen MR) is 84.3 cm³/mol. The van der Waals surface area contributed by atoms with Crippen LogP contribution in [0.4, 0.5) is 5.69 Å². The fraction of sp³-hybridized carbons (Fsp3) is 0.353. The van der Waals surface area contributed by atoms with Gasteiger partial charge < -0.3 is 5.73 Å². The number of nitrogens with zero attached hydrogens (tertiary/aromatic N) is 2.